The van der Waals surface area contributed by atoms with Gasteiger partial charge >= 0.3 is 0 Å². The maximum Gasteiger partial charge on any atom is 0.237 e. The average Bonchev–Trinajstić information content (AvgIpc) is 2.65. The molecule has 6 nitrogen and oxygen atoms in total. The molecule has 0 radical (unpaired) electrons. The second-order valence-corrected chi connectivity index (χ2v) is 6.54. The Morgan fingerprint density at radius 1 is 1.36 bits per heavy atom. The van der Waals surface area contributed by atoms with Crippen LogP contribution < -0.4 is 20.1 Å². The number of nitrogens with zero attached hydrogens (tertiary/aromatic N) is 1. The summed E-state index contributed by atoms with van der Waals surface area (Å²) in [6.45, 7) is 4.78. The Kier molecular flexibility index (Phi) is 7.35. The molecule has 3 unspecified atom stereocenters. The summed E-state index contributed by atoms with van der Waals surface area (Å²) in [5.41, 5.74) is 0. The number of nitrogens with one attached hydrogen (secondary N) is 2. The number of hydrogen-bond donors (Lipinski definition) is 2. The number of likely N-dealkylation sites (tertiary alicyclic amines) is 1. The van der Waals surface area contributed by atoms with Crippen LogP contribution in [0.4, 0.5) is 0 Å². The van der Waals surface area contributed by atoms with Gasteiger partial charge in [0.2, 0.25) is 5.91 Å². The molecular formula is C18H28ClN3O3. The monoisotopic (exact) mass is 369 g/mol. The molecule has 2 heterocycles. The zero-order valence-electron chi connectivity index (χ0n) is 14.9. The quantitative estimate of drug-likeness (QED) is 0.822. The van der Waals surface area contributed by atoms with E-state index in [1.54, 1.807) is 0 Å². The van der Waals surface area contributed by atoms with Crippen molar-refractivity contribution in [3.8, 4) is 11.5 Å². The van der Waals surface area contributed by atoms with Gasteiger partial charge in [0.05, 0.1) is 12.6 Å². The van der Waals surface area contributed by atoms with Gasteiger partial charge in [-0.1, -0.05) is 12.1 Å². The number of ether oxygens (including phenoxy) is 2. The van der Waals surface area contributed by atoms with Gasteiger partial charge in [0.15, 0.2) is 11.5 Å². The molecule has 1 aromatic carbocycles. The lowest BCUT2D eigenvalue weighted by Gasteiger charge is -2.36. The first-order chi connectivity index (χ1) is 11.7. The van der Waals surface area contributed by atoms with Crippen LogP contribution >= 0.6 is 12.4 Å². The number of halogens is 1. The van der Waals surface area contributed by atoms with Crippen LogP contribution in [0.25, 0.3) is 0 Å². The van der Waals surface area contributed by atoms with E-state index in [0.717, 1.165) is 31.0 Å². The zero-order chi connectivity index (χ0) is 16.9. The van der Waals surface area contributed by atoms with Crippen LogP contribution in [0.3, 0.4) is 0 Å². The van der Waals surface area contributed by atoms with Gasteiger partial charge in [-0.15, -0.1) is 12.4 Å². The third-order valence-electron chi connectivity index (χ3n) is 4.86. The molecule has 2 aliphatic rings. The average molecular weight is 370 g/mol. The standard InChI is InChI=1S/C18H27N3O3.ClH/c1-13(21-9-5-6-14(11-21)19-2)18(22)20-10-15-12-23-16-7-3-4-8-17(16)24-15;/h3-4,7-8,13-15,19H,5-6,9-12H2,1-2H3,(H,20,22);1H. The molecule has 0 spiro atoms. The van der Waals surface area contributed by atoms with Gasteiger partial charge in [0.25, 0.3) is 0 Å². The van der Waals surface area contributed by atoms with Crippen molar-refractivity contribution in [1.82, 2.24) is 15.5 Å². The molecule has 0 aromatic heterocycles. The van der Waals surface area contributed by atoms with Gasteiger partial charge < -0.3 is 20.1 Å². The van der Waals surface area contributed by atoms with E-state index in [4.69, 9.17) is 9.47 Å². The number of carbonyl (C=O) groups is 1. The van der Waals surface area contributed by atoms with Crippen LogP contribution in [0.15, 0.2) is 24.3 Å². The van der Waals surface area contributed by atoms with E-state index in [1.807, 2.05) is 38.2 Å². The highest BCUT2D eigenvalue weighted by atomic mass is 35.5. The highest BCUT2D eigenvalue weighted by Gasteiger charge is 2.28. The fraction of sp³-hybridized carbons (Fsp3) is 0.611. The largest absolute Gasteiger partial charge is 0.486 e. The summed E-state index contributed by atoms with van der Waals surface area (Å²) in [6, 6.07) is 7.96. The van der Waals surface area contributed by atoms with E-state index >= 15 is 0 Å². The molecule has 3 rings (SSSR count). The van der Waals surface area contributed by atoms with Crippen molar-refractivity contribution in [2.24, 2.45) is 0 Å². The molecular weight excluding hydrogens is 342 g/mol. The van der Waals surface area contributed by atoms with Gasteiger partial charge in [-0.05, 0) is 45.5 Å². The number of benzene rings is 1. The molecule has 0 bridgehead atoms. The summed E-state index contributed by atoms with van der Waals surface area (Å²) in [6.07, 6.45) is 2.15. The zero-order valence-corrected chi connectivity index (χ0v) is 15.7. The smallest absolute Gasteiger partial charge is 0.237 e. The number of piperidine rings is 1. The first-order valence-corrected chi connectivity index (χ1v) is 8.75. The van der Waals surface area contributed by atoms with E-state index < -0.39 is 0 Å². The maximum atomic E-state index is 12.5. The molecule has 1 fully saturated rings. The molecule has 0 aliphatic carbocycles. The summed E-state index contributed by atoms with van der Waals surface area (Å²) < 4.78 is 11.6. The van der Waals surface area contributed by atoms with Crippen LogP contribution in [0.2, 0.25) is 0 Å². The van der Waals surface area contributed by atoms with E-state index in [2.05, 4.69) is 15.5 Å². The Balaban J connectivity index is 0.00000225. The first kappa shape index (κ1) is 19.8. The number of likely N-dealkylation sites (N-methyl/N-ethyl adjacent to an activating group) is 1. The van der Waals surface area contributed by atoms with Crippen molar-refractivity contribution in [2.75, 3.05) is 33.3 Å². The van der Waals surface area contributed by atoms with Crippen molar-refractivity contribution >= 4 is 18.3 Å². The minimum absolute atomic E-state index is 0. The van der Waals surface area contributed by atoms with Crippen LogP contribution in [0.5, 0.6) is 11.5 Å². The SMILES string of the molecule is CNC1CCCN(C(C)C(=O)NCC2COc3ccccc3O2)C1.Cl. The normalized spacial score (nSPS) is 24.1. The van der Waals surface area contributed by atoms with Crippen LogP contribution in [0.1, 0.15) is 19.8 Å². The topological polar surface area (TPSA) is 62.8 Å². The molecule has 0 saturated carbocycles. The molecule has 1 saturated heterocycles. The minimum atomic E-state index is -0.150. The predicted molar refractivity (Wildman–Crippen MR) is 99.7 cm³/mol. The third-order valence-corrected chi connectivity index (χ3v) is 4.86. The molecule has 2 aliphatic heterocycles. The van der Waals surface area contributed by atoms with Gasteiger partial charge in [0.1, 0.15) is 12.7 Å². The Bertz CT molecular complexity index is 572. The number of para-hydroxylation sites is 2. The number of rotatable bonds is 5. The molecule has 1 aromatic rings. The summed E-state index contributed by atoms with van der Waals surface area (Å²) >= 11 is 0. The van der Waals surface area contributed by atoms with Crippen LogP contribution in [0, 0.1) is 0 Å². The van der Waals surface area contributed by atoms with Gasteiger partial charge in [0, 0.05) is 12.6 Å². The fourth-order valence-corrected chi connectivity index (χ4v) is 3.29. The Morgan fingerprint density at radius 3 is 2.88 bits per heavy atom. The van der Waals surface area contributed by atoms with Gasteiger partial charge in [-0.2, -0.15) is 0 Å². The number of amides is 1. The van der Waals surface area contributed by atoms with Crippen molar-refractivity contribution in [1.29, 1.82) is 0 Å². The highest BCUT2D eigenvalue weighted by molar-refractivity contribution is 5.85. The summed E-state index contributed by atoms with van der Waals surface area (Å²) in [5.74, 6) is 1.55. The lowest BCUT2D eigenvalue weighted by atomic mass is 10.0. The summed E-state index contributed by atoms with van der Waals surface area (Å²) in [5, 5.41) is 6.32. The van der Waals surface area contributed by atoms with Crippen molar-refractivity contribution < 1.29 is 14.3 Å². The van der Waals surface area contributed by atoms with E-state index in [0.29, 0.717) is 19.2 Å². The second-order valence-electron chi connectivity index (χ2n) is 6.54. The van der Waals surface area contributed by atoms with Gasteiger partial charge in [-0.25, -0.2) is 0 Å². The van der Waals surface area contributed by atoms with Crippen LogP contribution in [-0.2, 0) is 4.79 Å². The predicted octanol–water partition coefficient (Wildman–Crippen LogP) is 1.44. The van der Waals surface area contributed by atoms with Crippen molar-refractivity contribution in [3.05, 3.63) is 24.3 Å². The second kappa shape index (κ2) is 9.27. The molecule has 3 atom stereocenters. The Labute approximate surface area is 155 Å². The summed E-state index contributed by atoms with van der Waals surface area (Å²) in [7, 11) is 1.98. The highest BCUT2D eigenvalue weighted by Crippen LogP contribution is 2.30. The maximum absolute atomic E-state index is 12.5. The molecule has 7 heteroatoms. The van der Waals surface area contributed by atoms with Gasteiger partial charge in [-0.3, -0.25) is 9.69 Å². The van der Waals surface area contributed by atoms with E-state index in [9.17, 15) is 4.79 Å². The Morgan fingerprint density at radius 2 is 2.12 bits per heavy atom. The number of hydrogen-bond acceptors (Lipinski definition) is 5. The minimum Gasteiger partial charge on any atom is -0.486 e. The van der Waals surface area contributed by atoms with Crippen LogP contribution in [-0.4, -0.2) is 62.3 Å². The molecule has 25 heavy (non-hydrogen) atoms. The summed E-state index contributed by atoms with van der Waals surface area (Å²) in [4.78, 5) is 14.7. The molecule has 1 amide bonds. The Hall–Kier alpha value is -1.50. The molecule has 2 N–H and O–H groups in total. The lowest BCUT2D eigenvalue weighted by molar-refractivity contribution is -0.126. The molecule has 140 valence electrons. The lowest BCUT2D eigenvalue weighted by Crippen LogP contribution is -2.54. The number of carbonyl (C=O) groups excluding carboxylic acids is 1. The third kappa shape index (κ3) is 5.00. The van der Waals surface area contributed by atoms with Crippen molar-refractivity contribution in [3.63, 3.8) is 0 Å². The first-order valence-electron chi connectivity index (χ1n) is 8.75. The van der Waals surface area contributed by atoms with E-state index in [-0.39, 0.29) is 30.5 Å². The van der Waals surface area contributed by atoms with E-state index in [1.165, 1.54) is 6.42 Å². The number of fused-ring (bicyclic) bond motifs is 1. The van der Waals surface area contributed by atoms with Crippen molar-refractivity contribution in [2.45, 2.75) is 38.0 Å². The fourth-order valence-electron chi connectivity index (χ4n) is 3.29.